The van der Waals surface area contributed by atoms with Crippen molar-refractivity contribution in [2.24, 2.45) is 16.7 Å². The summed E-state index contributed by atoms with van der Waals surface area (Å²) in [6.45, 7) is 3.34. The number of aliphatic hydroxyl groups excluding tert-OH is 1. The average molecular weight is 444 g/mol. The zero-order valence-electron chi connectivity index (χ0n) is 18.3. The summed E-state index contributed by atoms with van der Waals surface area (Å²) in [6.07, 6.45) is 1.57. The van der Waals surface area contributed by atoms with Crippen LogP contribution in [0.3, 0.4) is 0 Å². The van der Waals surface area contributed by atoms with Gasteiger partial charge in [-0.05, 0) is 42.7 Å². The number of ether oxygens (including phenoxy) is 3. The Hall–Kier alpha value is -2.87. The van der Waals surface area contributed by atoms with Gasteiger partial charge >= 0.3 is 17.9 Å². The van der Waals surface area contributed by atoms with Crippen LogP contribution in [-0.2, 0) is 23.8 Å². The van der Waals surface area contributed by atoms with Crippen molar-refractivity contribution in [2.45, 2.75) is 45.6 Å². The molecule has 1 heterocycles. The zero-order valence-corrected chi connectivity index (χ0v) is 18.3. The minimum atomic E-state index is -0.799. The molecule has 4 atom stereocenters. The number of esters is 3. The molecule has 0 bridgehead atoms. The van der Waals surface area contributed by atoms with Crippen LogP contribution in [0, 0.1) is 16.7 Å². The highest BCUT2D eigenvalue weighted by molar-refractivity contribution is 5.93. The van der Waals surface area contributed by atoms with Crippen molar-refractivity contribution in [1.29, 1.82) is 0 Å². The molecular weight excluding hydrogens is 416 g/mol. The van der Waals surface area contributed by atoms with Crippen molar-refractivity contribution < 1.29 is 38.8 Å². The number of phenolic OH excluding ortho intramolecular Hbond substituents is 1. The lowest BCUT2D eigenvalue weighted by molar-refractivity contribution is -0.159. The van der Waals surface area contributed by atoms with Crippen molar-refractivity contribution in [1.82, 2.24) is 0 Å². The van der Waals surface area contributed by atoms with Crippen molar-refractivity contribution in [3.8, 4) is 5.75 Å². The molecule has 0 spiro atoms. The summed E-state index contributed by atoms with van der Waals surface area (Å²) in [5, 5.41) is 20.1. The van der Waals surface area contributed by atoms with Crippen molar-refractivity contribution in [2.75, 3.05) is 19.8 Å². The SMILES string of the molecule is CC(=O)OC[C@@]1(C)CCC[C@]2(CO)C3=C(C[C@@H](OC(=O)c4ccc(O)cc4)[C@@H]12)C(=O)OC3. The number of aromatic hydroxyl groups is 1. The first-order chi connectivity index (χ1) is 15.2. The summed E-state index contributed by atoms with van der Waals surface area (Å²) < 4.78 is 16.7. The Kier molecular flexibility index (Phi) is 5.75. The van der Waals surface area contributed by atoms with Crippen LogP contribution in [0.15, 0.2) is 35.4 Å². The van der Waals surface area contributed by atoms with Gasteiger partial charge in [0.1, 0.15) is 18.5 Å². The Bertz CT molecular complexity index is 965. The topological polar surface area (TPSA) is 119 Å². The molecule has 1 aromatic rings. The highest BCUT2D eigenvalue weighted by atomic mass is 16.6. The van der Waals surface area contributed by atoms with Gasteiger partial charge in [-0.2, -0.15) is 0 Å². The molecule has 0 unspecified atom stereocenters. The van der Waals surface area contributed by atoms with E-state index in [0.29, 0.717) is 12.0 Å². The molecule has 0 aromatic heterocycles. The third-order valence-electron chi connectivity index (χ3n) is 7.30. The number of carbonyl (C=O) groups excluding carboxylic acids is 3. The Morgan fingerprint density at radius 2 is 1.94 bits per heavy atom. The van der Waals surface area contributed by atoms with E-state index in [1.54, 1.807) is 0 Å². The van der Waals surface area contributed by atoms with Crippen LogP contribution >= 0.6 is 0 Å². The van der Waals surface area contributed by atoms with E-state index in [1.807, 2.05) is 6.92 Å². The average Bonchev–Trinajstić information content (AvgIpc) is 3.14. The second kappa shape index (κ2) is 8.24. The van der Waals surface area contributed by atoms with Crippen LogP contribution in [0.2, 0.25) is 0 Å². The number of phenols is 1. The standard InChI is InChI=1S/C24H28O8/c1-14(26)31-13-23(2)8-3-9-24(12-25)18-11-30-22(29)17(18)10-19(20(23)24)32-21(28)15-4-6-16(27)7-5-15/h4-7,19-20,25,27H,3,8-13H2,1-2H3/t19-,20+,23-,24+/m1/s1. The van der Waals surface area contributed by atoms with Crippen LogP contribution in [0.4, 0.5) is 0 Å². The van der Waals surface area contributed by atoms with Gasteiger partial charge in [-0.25, -0.2) is 9.59 Å². The Labute approximate surface area is 186 Å². The highest BCUT2D eigenvalue weighted by Crippen LogP contribution is 2.61. The second-order valence-electron chi connectivity index (χ2n) is 9.31. The minimum Gasteiger partial charge on any atom is -0.508 e. The third kappa shape index (κ3) is 3.66. The highest BCUT2D eigenvalue weighted by Gasteiger charge is 2.62. The number of rotatable bonds is 5. The largest absolute Gasteiger partial charge is 0.508 e. The molecule has 0 amide bonds. The van der Waals surface area contributed by atoms with Crippen LogP contribution in [0.25, 0.3) is 0 Å². The van der Waals surface area contributed by atoms with Gasteiger partial charge in [0, 0.05) is 35.7 Å². The summed E-state index contributed by atoms with van der Waals surface area (Å²) in [7, 11) is 0. The first-order valence-electron chi connectivity index (χ1n) is 10.8. The lowest BCUT2D eigenvalue weighted by Crippen LogP contribution is -2.58. The molecule has 172 valence electrons. The Morgan fingerprint density at radius 3 is 2.59 bits per heavy atom. The van der Waals surface area contributed by atoms with E-state index in [1.165, 1.54) is 31.2 Å². The van der Waals surface area contributed by atoms with Gasteiger partial charge in [-0.15, -0.1) is 0 Å². The molecule has 2 N–H and O–H groups in total. The smallest absolute Gasteiger partial charge is 0.338 e. The molecular formula is C24H28O8. The van der Waals surface area contributed by atoms with Crippen molar-refractivity contribution in [3.05, 3.63) is 41.0 Å². The summed E-state index contributed by atoms with van der Waals surface area (Å²) in [5.41, 5.74) is 0.142. The molecule has 0 saturated heterocycles. The maximum absolute atomic E-state index is 13.0. The first kappa shape index (κ1) is 22.3. The van der Waals surface area contributed by atoms with Gasteiger partial charge in [0.05, 0.1) is 18.8 Å². The molecule has 8 nitrogen and oxygen atoms in total. The van der Waals surface area contributed by atoms with E-state index in [2.05, 4.69) is 0 Å². The number of fused-ring (bicyclic) bond motifs is 2. The molecule has 1 aromatic carbocycles. The molecule has 4 rings (SSSR count). The van der Waals surface area contributed by atoms with E-state index < -0.39 is 34.8 Å². The zero-order chi connectivity index (χ0) is 23.1. The maximum atomic E-state index is 13.0. The molecule has 32 heavy (non-hydrogen) atoms. The summed E-state index contributed by atoms with van der Waals surface area (Å²) >= 11 is 0. The number of aliphatic hydroxyl groups is 1. The number of hydrogen-bond donors (Lipinski definition) is 2. The van der Waals surface area contributed by atoms with Crippen molar-refractivity contribution >= 4 is 17.9 Å². The fraction of sp³-hybridized carbons (Fsp3) is 0.542. The number of cyclic esters (lactones) is 1. The maximum Gasteiger partial charge on any atom is 0.338 e. The van der Waals surface area contributed by atoms with Crippen LogP contribution in [-0.4, -0.2) is 54.0 Å². The number of hydrogen-bond acceptors (Lipinski definition) is 8. The number of benzene rings is 1. The predicted molar refractivity (Wildman–Crippen MR) is 112 cm³/mol. The van der Waals surface area contributed by atoms with Crippen LogP contribution in [0.5, 0.6) is 5.75 Å². The molecule has 0 radical (unpaired) electrons. The summed E-state index contributed by atoms with van der Waals surface area (Å²) in [4.78, 5) is 37.0. The monoisotopic (exact) mass is 444 g/mol. The molecule has 2 aliphatic carbocycles. The normalized spacial score (nSPS) is 31.4. The lowest BCUT2D eigenvalue weighted by atomic mass is 9.48. The lowest BCUT2D eigenvalue weighted by Gasteiger charge is -2.57. The summed E-state index contributed by atoms with van der Waals surface area (Å²) in [5.74, 6) is -1.77. The van der Waals surface area contributed by atoms with Gasteiger partial charge in [0.25, 0.3) is 0 Å². The minimum absolute atomic E-state index is 0.0308. The van der Waals surface area contributed by atoms with Gasteiger partial charge < -0.3 is 24.4 Å². The van der Waals surface area contributed by atoms with E-state index in [4.69, 9.17) is 14.2 Å². The molecule has 1 fully saturated rings. The van der Waals surface area contributed by atoms with Gasteiger partial charge in [-0.3, -0.25) is 4.79 Å². The van der Waals surface area contributed by atoms with Gasteiger partial charge in [0.2, 0.25) is 0 Å². The predicted octanol–water partition coefficient (Wildman–Crippen LogP) is 2.52. The molecule has 8 heteroatoms. The van der Waals surface area contributed by atoms with Crippen molar-refractivity contribution in [3.63, 3.8) is 0 Å². The molecule has 1 aliphatic heterocycles. The van der Waals surface area contributed by atoms with E-state index in [0.717, 1.165) is 18.4 Å². The molecule has 3 aliphatic rings. The Morgan fingerprint density at radius 1 is 1.22 bits per heavy atom. The van der Waals surface area contributed by atoms with E-state index in [-0.39, 0.29) is 43.5 Å². The fourth-order valence-corrected chi connectivity index (χ4v) is 5.95. The van der Waals surface area contributed by atoms with E-state index in [9.17, 15) is 24.6 Å². The van der Waals surface area contributed by atoms with Gasteiger partial charge in [-0.1, -0.05) is 13.3 Å². The third-order valence-corrected chi connectivity index (χ3v) is 7.30. The quantitative estimate of drug-likeness (QED) is 0.525. The number of carbonyl (C=O) groups is 3. The second-order valence-corrected chi connectivity index (χ2v) is 9.31. The fourth-order valence-electron chi connectivity index (χ4n) is 5.95. The molecule has 1 saturated carbocycles. The van der Waals surface area contributed by atoms with Crippen LogP contribution < -0.4 is 0 Å². The first-order valence-corrected chi connectivity index (χ1v) is 10.8. The van der Waals surface area contributed by atoms with Crippen LogP contribution in [0.1, 0.15) is 49.9 Å². The summed E-state index contributed by atoms with van der Waals surface area (Å²) in [6, 6.07) is 5.73. The van der Waals surface area contributed by atoms with Gasteiger partial charge in [0.15, 0.2) is 0 Å². The van der Waals surface area contributed by atoms with E-state index >= 15 is 0 Å². The Balaban J connectivity index is 1.75.